The van der Waals surface area contributed by atoms with E-state index in [1.807, 2.05) is 40.1 Å². The van der Waals surface area contributed by atoms with Gasteiger partial charge in [0.2, 0.25) is 5.91 Å². The fraction of sp³-hybridized carbons (Fsp3) is 0.308. The standard InChI is InChI=1S/C13H15BN3OS/c1-8(2)11(18)17-13-10(14-3)16-12(19-13)9-5-4-6-15-7-9/h4-8H,1-3H3,(H,17,18). The molecule has 1 N–H and O–H groups in total. The van der Waals surface area contributed by atoms with Crippen molar-refractivity contribution >= 4 is 35.1 Å². The lowest BCUT2D eigenvalue weighted by Crippen LogP contribution is -2.23. The Hall–Kier alpha value is -1.69. The SMILES string of the molecule is C[B]c1nc(-c2cccnc2)sc1NC(=O)C(C)C. The molecule has 97 valence electrons. The normalized spacial score (nSPS) is 10.5. The van der Waals surface area contributed by atoms with Crippen molar-refractivity contribution in [2.24, 2.45) is 5.92 Å². The predicted molar refractivity (Wildman–Crippen MR) is 80.1 cm³/mol. The Bertz CT molecular complexity index is 569. The van der Waals surface area contributed by atoms with Crippen molar-refractivity contribution < 1.29 is 4.79 Å². The molecule has 0 fully saturated rings. The smallest absolute Gasteiger partial charge is 0.227 e. The Labute approximate surface area is 117 Å². The van der Waals surface area contributed by atoms with E-state index in [-0.39, 0.29) is 11.8 Å². The molecule has 0 bridgehead atoms. The molecule has 2 rings (SSSR count). The molecule has 0 aliphatic heterocycles. The number of anilines is 1. The highest BCUT2D eigenvalue weighted by Gasteiger charge is 2.15. The van der Waals surface area contributed by atoms with Crippen LogP contribution in [0, 0.1) is 5.92 Å². The molecule has 0 atom stereocenters. The van der Waals surface area contributed by atoms with Crippen LogP contribution in [0.1, 0.15) is 13.8 Å². The number of thiazole rings is 1. The van der Waals surface area contributed by atoms with Crippen LogP contribution in [0.5, 0.6) is 0 Å². The third-order valence-corrected chi connectivity index (χ3v) is 3.63. The second kappa shape index (κ2) is 5.97. The van der Waals surface area contributed by atoms with Gasteiger partial charge in [0.05, 0.1) is 0 Å². The quantitative estimate of drug-likeness (QED) is 0.868. The highest BCUT2D eigenvalue weighted by atomic mass is 32.1. The van der Waals surface area contributed by atoms with E-state index in [0.29, 0.717) is 0 Å². The van der Waals surface area contributed by atoms with Crippen molar-refractivity contribution in [1.82, 2.24) is 9.97 Å². The molecule has 19 heavy (non-hydrogen) atoms. The van der Waals surface area contributed by atoms with E-state index in [1.165, 1.54) is 11.3 Å². The first kappa shape index (κ1) is 13.7. The molecule has 0 spiro atoms. The summed E-state index contributed by atoms with van der Waals surface area (Å²) in [6.07, 6.45) is 3.50. The van der Waals surface area contributed by atoms with Gasteiger partial charge in [0.25, 0.3) is 0 Å². The molecule has 0 unspecified atom stereocenters. The fourth-order valence-corrected chi connectivity index (χ4v) is 2.48. The molecule has 0 saturated heterocycles. The molecule has 0 aromatic carbocycles. The summed E-state index contributed by atoms with van der Waals surface area (Å²) in [5.41, 5.74) is 1.76. The fourth-order valence-electron chi connectivity index (χ4n) is 1.49. The molecule has 4 nitrogen and oxygen atoms in total. The minimum atomic E-state index is -0.0475. The van der Waals surface area contributed by atoms with Crippen LogP contribution in [0.3, 0.4) is 0 Å². The topological polar surface area (TPSA) is 54.9 Å². The van der Waals surface area contributed by atoms with Gasteiger partial charge in [-0.15, -0.1) is 0 Å². The zero-order valence-corrected chi connectivity index (χ0v) is 12.0. The third-order valence-electron chi connectivity index (χ3n) is 2.60. The van der Waals surface area contributed by atoms with E-state index in [0.717, 1.165) is 21.2 Å². The van der Waals surface area contributed by atoms with Gasteiger partial charge in [0.1, 0.15) is 10.0 Å². The second-order valence-corrected chi connectivity index (χ2v) is 5.41. The predicted octanol–water partition coefficient (Wildman–Crippen LogP) is 2.18. The van der Waals surface area contributed by atoms with E-state index in [1.54, 1.807) is 12.4 Å². The highest BCUT2D eigenvalue weighted by Crippen LogP contribution is 2.26. The van der Waals surface area contributed by atoms with E-state index >= 15 is 0 Å². The van der Waals surface area contributed by atoms with E-state index in [2.05, 4.69) is 15.3 Å². The van der Waals surface area contributed by atoms with Gasteiger partial charge in [-0.2, -0.15) is 0 Å². The van der Waals surface area contributed by atoms with Gasteiger partial charge in [0, 0.05) is 29.5 Å². The Balaban J connectivity index is 2.30. The molecular formula is C13H15BN3OS. The van der Waals surface area contributed by atoms with Crippen LogP contribution in [-0.2, 0) is 4.79 Å². The summed E-state index contributed by atoms with van der Waals surface area (Å²) >= 11 is 1.47. The first-order valence-electron chi connectivity index (χ1n) is 6.13. The van der Waals surface area contributed by atoms with Gasteiger partial charge < -0.3 is 5.32 Å². The van der Waals surface area contributed by atoms with Crippen molar-refractivity contribution in [3.05, 3.63) is 24.5 Å². The largest absolute Gasteiger partial charge is 0.317 e. The van der Waals surface area contributed by atoms with Gasteiger partial charge in [-0.3, -0.25) is 9.78 Å². The Morgan fingerprint density at radius 2 is 2.26 bits per heavy atom. The zero-order valence-electron chi connectivity index (χ0n) is 11.2. The monoisotopic (exact) mass is 272 g/mol. The number of hydrogen-bond acceptors (Lipinski definition) is 4. The molecule has 2 aromatic rings. The number of amides is 1. The van der Waals surface area contributed by atoms with E-state index in [9.17, 15) is 4.79 Å². The maximum Gasteiger partial charge on any atom is 0.227 e. The summed E-state index contributed by atoms with van der Waals surface area (Å²) in [6, 6.07) is 3.83. The number of carbonyl (C=O) groups excluding carboxylic acids is 1. The van der Waals surface area contributed by atoms with Gasteiger partial charge in [-0.1, -0.05) is 32.0 Å². The molecule has 1 amide bonds. The van der Waals surface area contributed by atoms with Crippen molar-refractivity contribution in [1.29, 1.82) is 0 Å². The van der Waals surface area contributed by atoms with E-state index in [4.69, 9.17) is 0 Å². The first-order valence-corrected chi connectivity index (χ1v) is 6.95. The Morgan fingerprint density at radius 3 is 2.84 bits per heavy atom. The van der Waals surface area contributed by atoms with E-state index < -0.39 is 0 Å². The second-order valence-electron chi connectivity index (χ2n) is 4.41. The van der Waals surface area contributed by atoms with Crippen LogP contribution in [0.25, 0.3) is 10.6 Å². The van der Waals surface area contributed by atoms with Crippen molar-refractivity contribution in [3.63, 3.8) is 0 Å². The Kier molecular flexibility index (Phi) is 4.32. The number of pyridine rings is 1. The molecule has 2 heterocycles. The molecule has 0 saturated carbocycles. The summed E-state index contributed by atoms with van der Waals surface area (Å²) in [4.78, 5) is 20.4. The van der Waals surface area contributed by atoms with Crippen LogP contribution in [-0.4, -0.2) is 23.2 Å². The first-order chi connectivity index (χ1) is 9.11. The number of nitrogens with zero attached hydrogens (tertiary/aromatic N) is 2. The lowest BCUT2D eigenvalue weighted by Gasteiger charge is -2.05. The van der Waals surface area contributed by atoms with Crippen LogP contribution >= 0.6 is 11.3 Å². The number of hydrogen-bond donors (Lipinski definition) is 1. The van der Waals surface area contributed by atoms with Crippen molar-refractivity contribution in [3.8, 4) is 10.6 Å². The minimum Gasteiger partial charge on any atom is -0.317 e. The lowest BCUT2D eigenvalue weighted by molar-refractivity contribution is -0.118. The average molecular weight is 272 g/mol. The molecule has 0 aliphatic rings. The lowest BCUT2D eigenvalue weighted by atomic mass is 9.78. The summed E-state index contributed by atoms with van der Waals surface area (Å²) in [5, 5.41) is 4.57. The maximum absolute atomic E-state index is 11.8. The zero-order chi connectivity index (χ0) is 13.8. The molecular weight excluding hydrogens is 257 g/mol. The maximum atomic E-state index is 11.8. The van der Waals surface area contributed by atoms with Gasteiger partial charge in [0.15, 0.2) is 7.28 Å². The minimum absolute atomic E-state index is 0.00415. The third kappa shape index (κ3) is 3.20. The van der Waals surface area contributed by atoms with Crippen LogP contribution in [0.15, 0.2) is 24.5 Å². The van der Waals surface area contributed by atoms with Crippen LogP contribution in [0.4, 0.5) is 5.00 Å². The van der Waals surface area contributed by atoms with Gasteiger partial charge in [-0.25, -0.2) is 4.98 Å². The average Bonchev–Trinajstić information content (AvgIpc) is 2.82. The highest BCUT2D eigenvalue weighted by molar-refractivity contribution is 7.20. The number of rotatable bonds is 4. The number of carbonyl (C=O) groups is 1. The molecule has 6 heteroatoms. The molecule has 1 radical (unpaired) electrons. The number of aromatic nitrogens is 2. The number of nitrogens with one attached hydrogen (secondary N) is 1. The molecule has 0 aliphatic carbocycles. The molecule has 2 aromatic heterocycles. The van der Waals surface area contributed by atoms with Gasteiger partial charge in [-0.05, 0) is 12.1 Å². The van der Waals surface area contributed by atoms with Crippen molar-refractivity contribution in [2.75, 3.05) is 5.32 Å². The van der Waals surface area contributed by atoms with Crippen molar-refractivity contribution in [2.45, 2.75) is 20.7 Å². The summed E-state index contributed by atoms with van der Waals surface area (Å²) in [6.45, 7) is 5.65. The summed E-state index contributed by atoms with van der Waals surface area (Å²) in [7, 11) is 1.90. The summed E-state index contributed by atoms with van der Waals surface area (Å²) < 4.78 is 0. The Morgan fingerprint density at radius 1 is 1.47 bits per heavy atom. The van der Waals surface area contributed by atoms with Crippen LogP contribution in [0.2, 0.25) is 6.82 Å². The van der Waals surface area contributed by atoms with Gasteiger partial charge >= 0.3 is 0 Å². The summed E-state index contributed by atoms with van der Waals surface area (Å²) in [5.74, 6) is -0.0434. The van der Waals surface area contributed by atoms with Crippen LogP contribution < -0.4 is 10.9 Å².